The molecule has 0 spiro atoms. The van der Waals surface area contributed by atoms with Crippen molar-refractivity contribution >= 4 is 11.9 Å². The minimum atomic E-state index is 0.149. The van der Waals surface area contributed by atoms with Gasteiger partial charge in [0.1, 0.15) is 5.75 Å². The Morgan fingerprint density at radius 2 is 1.95 bits per heavy atom. The maximum atomic E-state index is 12.5. The normalized spacial score (nSPS) is 33.6. The number of ether oxygens (including phenoxy) is 1. The molecule has 3 unspecified atom stereocenters. The lowest BCUT2D eigenvalue weighted by Gasteiger charge is -2.19. The van der Waals surface area contributed by atoms with Gasteiger partial charge in [0.15, 0.2) is 5.78 Å². The number of carbonyl (C=O) groups excluding carboxylic acids is 1. The minimum absolute atomic E-state index is 0.149. The number of hydrogen-bond donors (Lipinski definition) is 0. The van der Waals surface area contributed by atoms with Gasteiger partial charge < -0.3 is 4.74 Å². The topological polar surface area (TPSA) is 26.3 Å². The number of ketones is 1. The second-order valence-electron chi connectivity index (χ2n) is 6.49. The molecule has 106 valence electrons. The minimum Gasteiger partial charge on any atom is -0.497 e. The van der Waals surface area contributed by atoms with Crippen molar-refractivity contribution in [3.05, 3.63) is 35.4 Å². The van der Waals surface area contributed by atoms with E-state index < -0.39 is 0 Å². The van der Waals surface area contributed by atoms with Gasteiger partial charge in [-0.3, -0.25) is 4.79 Å². The highest BCUT2D eigenvalue weighted by Gasteiger charge is 2.67. The summed E-state index contributed by atoms with van der Waals surface area (Å²) in [5, 5.41) is 0. The molecule has 0 N–H and O–H groups in total. The summed E-state index contributed by atoms with van der Waals surface area (Å²) in [5.41, 5.74) is 2.29. The van der Waals surface area contributed by atoms with Gasteiger partial charge in [-0.05, 0) is 42.0 Å². The zero-order valence-electron chi connectivity index (χ0n) is 12.6. The summed E-state index contributed by atoms with van der Waals surface area (Å²) in [5.74, 6) is 2.50. The van der Waals surface area contributed by atoms with Crippen molar-refractivity contribution < 1.29 is 9.53 Å². The number of carbonyl (C=O) groups is 1. The first-order valence-electron chi connectivity index (χ1n) is 7.41. The predicted octanol–water partition coefficient (Wildman–Crippen LogP) is 3.96. The zero-order valence-corrected chi connectivity index (χ0v) is 12.6. The van der Waals surface area contributed by atoms with Crippen LogP contribution < -0.4 is 4.74 Å². The molecule has 1 aromatic carbocycles. The maximum absolute atomic E-state index is 12.5. The molecule has 0 heterocycles. The fourth-order valence-electron chi connectivity index (χ4n) is 3.94. The Morgan fingerprint density at radius 3 is 2.50 bits per heavy atom. The molecule has 0 bridgehead atoms. The van der Waals surface area contributed by atoms with Crippen LogP contribution in [0.5, 0.6) is 5.75 Å². The van der Waals surface area contributed by atoms with Crippen molar-refractivity contribution in [2.45, 2.75) is 27.2 Å². The predicted molar refractivity (Wildman–Crippen MR) is 80.5 cm³/mol. The Kier molecular flexibility index (Phi) is 3.00. The molecule has 20 heavy (non-hydrogen) atoms. The highest BCUT2D eigenvalue weighted by molar-refractivity contribution is 6.06. The van der Waals surface area contributed by atoms with E-state index in [0.29, 0.717) is 17.6 Å². The summed E-state index contributed by atoms with van der Waals surface area (Å²) in [7, 11) is 1.66. The molecule has 0 amide bonds. The van der Waals surface area contributed by atoms with Gasteiger partial charge in [-0.2, -0.15) is 0 Å². The Balaban J connectivity index is 1.98. The van der Waals surface area contributed by atoms with Crippen LogP contribution in [0.4, 0.5) is 0 Å². The Labute approximate surface area is 120 Å². The molecular formula is C18H22O2. The van der Waals surface area contributed by atoms with Gasteiger partial charge in [-0.1, -0.05) is 32.9 Å². The average Bonchev–Trinajstić information content (AvgIpc) is 3.16. The number of rotatable bonds is 3. The summed E-state index contributed by atoms with van der Waals surface area (Å²) >= 11 is 0. The van der Waals surface area contributed by atoms with Crippen LogP contribution in [0.25, 0.3) is 6.08 Å². The second kappa shape index (κ2) is 4.47. The number of allylic oxidation sites excluding steroid dienone is 1. The van der Waals surface area contributed by atoms with Crippen LogP contribution in [-0.2, 0) is 4.79 Å². The van der Waals surface area contributed by atoms with E-state index in [4.69, 9.17) is 4.74 Å². The summed E-state index contributed by atoms with van der Waals surface area (Å²) in [6.07, 6.45) is 3.28. The van der Waals surface area contributed by atoms with E-state index in [1.807, 2.05) is 24.3 Å². The Bertz CT molecular complexity index is 568. The van der Waals surface area contributed by atoms with Gasteiger partial charge in [-0.15, -0.1) is 0 Å². The van der Waals surface area contributed by atoms with Crippen LogP contribution in [0.3, 0.4) is 0 Å². The van der Waals surface area contributed by atoms with E-state index >= 15 is 0 Å². The molecule has 3 atom stereocenters. The van der Waals surface area contributed by atoms with Crippen LogP contribution in [0, 0.1) is 23.2 Å². The van der Waals surface area contributed by atoms with Gasteiger partial charge in [-0.25, -0.2) is 0 Å². The molecular weight excluding hydrogens is 248 g/mol. The Morgan fingerprint density at radius 1 is 1.30 bits per heavy atom. The summed E-state index contributed by atoms with van der Waals surface area (Å²) in [4.78, 5) is 12.5. The van der Waals surface area contributed by atoms with Gasteiger partial charge in [0.2, 0.25) is 0 Å². The molecule has 0 aromatic heterocycles. The molecule has 2 aliphatic rings. The standard InChI is InChI=1S/C18H22O2/c1-11(2)18-10-16(18)12(3)17(19)15(18)9-13-5-7-14(20-4)8-6-13/h5-9,11-12,16H,10H2,1-4H3/b15-9-. The molecule has 2 nitrogen and oxygen atoms in total. The number of fused-ring (bicyclic) bond motifs is 1. The lowest BCUT2D eigenvalue weighted by Crippen LogP contribution is -2.15. The zero-order chi connectivity index (χ0) is 14.5. The highest BCUT2D eigenvalue weighted by atomic mass is 16.5. The van der Waals surface area contributed by atoms with E-state index in [0.717, 1.165) is 16.9 Å². The van der Waals surface area contributed by atoms with Crippen molar-refractivity contribution in [3.63, 3.8) is 0 Å². The fourth-order valence-corrected chi connectivity index (χ4v) is 3.94. The molecule has 0 radical (unpaired) electrons. The SMILES string of the molecule is COc1ccc(/C=C2/C(=O)C(C)C3CC23C(C)C)cc1. The van der Waals surface area contributed by atoms with Gasteiger partial charge in [0.25, 0.3) is 0 Å². The van der Waals surface area contributed by atoms with E-state index in [1.165, 1.54) is 6.42 Å². The maximum Gasteiger partial charge on any atom is 0.162 e. The van der Waals surface area contributed by atoms with Crippen molar-refractivity contribution in [2.75, 3.05) is 7.11 Å². The van der Waals surface area contributed by atoms with Crippen LogP contribution >= 0.6 is 0 Å². The first-order valence-corrected chi connectivity index (χ1v) is 7.41. The number of Topliss-reactive ketones (excluding diaryl/α,β-unsaturated/α-hetero) is 1. The quantitative estimate of drug-likeness (QED) is 0.777. The van der Waals surface area contributed by atoms with E-state index in [-0.39, 0.29) is 11.3 Å². The average molecular weight is 270 g/mol. The molecule has 0 aliphatic heterocycles. The lowest BCUT2D eigenvalue weighted by molar-refractivity contribution is -0.118. The van der Waals surface area contributed by atoms with Crippen LogP contribution in [0.2, 0.25) is 0 Å². The van der Waals surface area contributed by atoms with Gasteiger partial charge in [0.05, 0.1) is 7.11 Å². The fraction of sp³-hybridized carbons (Fsp3) is 0.500. The molecule has 3 rings (SSSR count). The molecule has 2 saturated carbocycles. The third kappa shape index (κ3) is 1.74. The van der Waals surface area contributed by atoms with E-state index in [1.54, 1.807) is 7.11 Å². The third-order valence-corrected chi connectivity index (χ3v) is 5.30. The second-order valence-corrected chi connectivity index (χ2v) is 6.49. The summed E-state index contributed by atoms with van der Waals surface area (Å²) in [6, 6.07) is 7.93. The smallest absolute Gasteiger partial charge is 0.162 e. The third-order valence-electron chi connectivity index (χ3n) is 5.30. The Hall–Kier alpha value is -1.57. The lowest BCUT2D eigenvalue weighted by atomic mass is 9.84. The van der Waals surface area contributed by atoms with E-state index in [9.17, 15) is 4.79 Å². The van der Waals surface area contributed by atoms with Crippen molar-refractivity contribution in [1.29, 1.82) is 0 Å². The van der Waals surface area contributed by atoms with Crippen molar-refractivity contribution in [2.24, 2.45) is 23.2 Å². The molecule has 0 saturated heterocycles. The van der Waals surface area contributed by atoms with Crippen LogP contribution in [0.1, 0.15) is 32.8 Å². The summed E-state index contributed by atoms with van der Waals surface area (Å²) < 4.78 is 5.18. The molecule has 2 fully saturated rings. The largest absolute Gasteiger partial charge is 0.497 e. The number of benzene rings is 1. The number of hydrogen-bond acceptors (Lipinski definition) is 2. The van der Waals surface area contributed by atoms with Gasteiger partial charge in [0, 0.05) is 16.9 Å². The van der Waals surface area contributed by atoms with Crippen molar-refractivity contribution in [3.8, 4) is 5.75 Å². The summed E-state index contributed by atoms with van der Waals surface area (Å²) in [6.45, 7) is 6.58. The molecule has 1 aromatic rings. The van der Waals surface area contributed by atoms with Crippen molar-refractivity contribution in [1.82, 2.24) is 0 Å². The van der Waals surface area contributed by atoms with Crippen LogP contribution in [-0.4, -0.2) is 12.9 Å². The highest BCUT2D eigenvalue weighted by Crippen LogP contribution is 2.71. The first-order chi connectivity index (χ1) is 9.50. The number of methoxy groups -OCH3 is 1. The van der Waals surface area contributed by atoms with Gasteiger partial charge >= 0.3 is 0 Å². The molecule has 2 aliphatic carbocycles. The van der Waals surface area contributed by atoms with Crippen LogP contribution in [0.15, 0.2) is 29.8 Å². The first kappa shape index (κ1) is 13.4. The monoisotopic (exact) mass is 270 g/mol. The van der Waals surface area contributed by atoms with E-state index in [2.05, 4.69) is 26.8 Å². The molecule has 2 heteroatoms.